The van der Waals surface area contributed by atoms with Crippen LogP contribution >= 0.6 is 0 Å². The van der Waals surface area contributed by atoms with Crippen LogP contribution in [0.25, 0.3) is 0 Å². The van der Waals surface area contributed by atoms with E-state index in [9.17, 15) is 4.79 Å². The molecule has 0 spiro atoms. The van der Waals surface area contributed by atoms with Crippen LogP contribution in [-0.4, -0.2) is 12.4 Å². The first-order valence-corrected chi connectivity index (χ1v) is 4.65. The smallest absolute Gasteiger partial charge is 0.142 e. The summed E-state index contributed by atoms with van der Waals surface area (Å²) in [5, 5.41) is 0. The predicted octanol–water partition coefficient (Wildman–Crippen LogP) is 2.19. The van der Waals surface area contributed by atoms with Crippen molar-refractivity contribution >= 4 is 6.29 Å². The highest BCUT2D eigenvalue weighted by Crippen LogP contribution is 2.39. The summed E-state index contributed by atoms with van der Waals surface area (Å²) in [6, 6.07) is 8.24. The van der Waals surface area contributed by atoms with Crippen molar-refractivity contribution in [2.45, 2.75) is 19.1 Å². The van der Waals surface area contributed by atoms with E-state index in [0.29, 0.717) is 0 Å². The zero-order chi connectivity index (χ0) is 9.97. The quantitative estimate of drug-likeness (QED) is 0.413. The molecule has 72 valence electrons. The van der Waals surface area contributed by atoms with Crippen molar-refractivity contribution in [3.63, 3.8) is 0 Å². The first kappa shape index (κ1) is 9.16. The van der Waals surface area contributed by atoms with Crippen molar-refractivity contribution in [2.75, 3.05) is 0 Å². The number of rotatable bonds is 3. The Morgan fingerprint density at radius 1 is 1.43 bits per heavy atom. The fourth-order valence-corrected chi connectivity index (χ4v) is 1.54. The molecule has 2 heteroatoms. The molecule has 1 aliphatic heterocycles. The van der Waals surface area contributed by atoms with Crippen LogP contribution in [-0.2, 0) is 9.53 Å². The van der Waals surface area contributed by atoms with Gasteiger partial charge in [0, 0.05) is 0 Å². The Morgan fingerprint density at radius 2 is 2.29 bits per heavy atom. The second-order valence-electron chi connectivity index (χ2n) is 3.46. The van der Waals surface area contributed by atoms with Gasteiger partial charge in [-0.25, -0.2) is 0 Å². The van der Waals surface area contributed by atoms with Gasteiger partial charge in [0.05, 0.1) is 0 Å². The minimum Gasteiger partial charge on any atom is -0.360 e. The maximum absolute atomic E-state index is 10.1. The van der Waals surface area contributed by atoms with E-state index in [2.05, 4.69) is 19.1 Å². The van der Waals surface area contributed by atoms with E-state index in [4.69, 9.17) is 4.74 Å². The van der Waals surface area contributed by atoms with Crippen LogP contribution in [0.1, 0.15) is 17.2 Å². The maximum atomic E-state index is 10.1. The molecule has 1 aromatic rings. The number of carbonyl (C=O) groups is 1. The van der Waals surface area contributed by atoms with E-state index in [1.807, 2.05) is 12.1 Å². The first-order chi connectivity index (χ1) is 6.81. The summed E-state index contributed by atoms with van der Waals surface area (Å²) in [5.74, 6) is 0. The van der Waals surface area contributed by atoms with E-state index in [-0.39, 0.29) is 12.2 Å². The Labute approximate surface area is 83.2 Å². The molecule has 2 rings (SSSR count). The highest BCUT2D eigenvalue weighted by atomic mass is 16.6. The Hall–Kier alpha value is -1.41. The number of hydrogen-bond donors (Lipinski definition) is 0. The van der Waals surface area contributed by atoms with E-state index in [1.165, 1.54) is 17.2 Å². The van der Waals surface area contributed by atoms with Crippen LogP contribution in [0.4, 0.5) is 0 Å². The topological polar surface area (TPSA) is 29.6 Å². The van der Waals surface area contributed by atoms with Gasteiger partial charge in [0.2, 0.25) is 0 Å². The zero-order valence-electron chi connectivity index (χ0n) is 8.01. The molecular weight excluding hydrogens is 176 g/mol. The lowest BCUT2D eigenvalue weighted by Crippen LogP contribution is -1.85. The Morgan fingerprint density at radius 3 is 3.00 bits per heavy atom. The molecule has 1 fully saturated rings. The number of epoxide rings is 1. The van der Waals surface area contributed by atoms with Gasteiger partial charge in [-0.15, -0.1) is 0 Å². The molecule has 14 heavy (non-hydrogen) atoms. The highest BCUT2D eigenvalue weighted by molar-refractivity contribution is 5.65. The molecule has 0 N–H and O–H groups in total. The van der Waals surface area contributed by atoms with Crippen LogP contribution in [0.2, 0.25) is 0 Å². The molecule has 1 saturated heterocycles. The van der Waals surface area contributed by atoms with Gasteiger partial charge < -0.3 is 4.74 Å². The Bertz CT molecular complexity index is 368. The highest BCUT2D eigenvalue weighted by Gasteiger charge is 2.37. The molecule has 2 nitrogen and oxygen atoms in total. The summed E-state index contributed by atoms with van der Waals surface area (Å²) in [7, 11) is 0. The summed E-state index contributed by atoms with van der Waals surface area (Å²) in [4.78, 5) is 10.1. The van der Waals surface area contributed by atoms with Gasteiger partial charge in [-0.1, -0.05) is 29.8 Å². The predicted molar refractivity (Wildman–Crippen MR) is 54.0 cm³/mol. The molecule has 0 saturated carbocycles. The number of allylic oxidation sites excluding steroid dienone is 1. The summed E-state index contributed by atoms with van der Waals surface area (Å²) in [6.07, 6.45) is 4.28. The van der Waals surface area contributed by atoms with Gasteiger partial charge in [0.25, 0.3) is 0 Å². The normalized spacial score (nSPS) is 25.2. The summed E-state index contributed by atoms with van der Waals surface area (Å²) in [6.45, 7) is 2.06. The number of aryl methyl sites for hydroxylation is 1. The molecule has 0 unspecified atom stereocenters. The standard InChI is InChI=1S/C12H12O2/c1-9-4-2-5-10(8-9)12-11(14-12)6-3-7-13/h2-8,11-12H,1H3/b6-3+/t11-,12-/m0/s1. The van der Waals surface area contributed by atoms with Crippen molar-refractivity contribution < 1.29 is 9.53 Å². The van der Waals surface area contributed by atoms with Gasteiger partial charge in [-0.05, 0) is 24.6 Å². The molecule has 0 amide bonds. The van der Waals surface area contributed by atoms with Crippen molar-refractivity contribution in [2.24, 2.45) is 0 Å². The molecule has 0 radical (unpaired) electrons. The lowest BCUT2D eigenvalue weighted by atomic mass is 10.1. The largest absolute Gasteiger partial charge is 0.360 e. The molecule has 0 aromatic heterocycles. The van der Waals surface area contributed by atoms with E-state index < -0.39 is 0 Å². The minimum absolute atomic E-state index is 0.0852. The fourth-order valence-electron chi connectivity index (χ4n) is 1.54. The fraction of sp³-hybridized carbons (Fsp3) is 0.250. The third kappa shape index (κ3) is 1.91. The van der Waals surface area contributed by atoms with Gasteiger partial charge in [-0.3, -0.25) is 4.79 Å². The lowest BCUT2D eigenvalue weighted by Gasteiger charge is -1.96. The van der Waals surface area contributed by atoms with Crippen LogP contribution in [0.3, 0.4) is 0 Å². The molecule has 2 atom stereocenters. The SMILES string of the molecule is Cc1cccc([C@@H]2O[C@H]2/C=C/C=O)c1. The van der Waals surface area contributed by atoms with Crippen LogP contribution in [0.5, 0.6) is 0 Å². The minimum atomic E-state index is 0.0852. The zero-order valence-corrected chi connectivity index (χ0v) is 8.01. The number of aldehydes is 1. The van der Waals surface area contributed by atoms with Crippen LogP contribution < -0.4 is 0 Å². The maximum Gasteiger partial charge on any atom is 0.142 e. The average molecular weight is 188 g/mol. The molecule has 1 aromatic carbocycles. The van der Waals surface area contributed by atoms with E-state index >= 15 is 0 Å². The third-order valence-corrected chi connectivity index (χ3v) is 2.28. The summed E-state index contributed by atoms with van der Waals surface area (Å²) >= 11 is 0. The number of hydrogen-bond acceptors (Lipinski definition) is 2. The van der Waals surface area contributed by atoms with Gasteiger partial charge >= 0.3 is 0 Å². The molecule has 1 aliphatic rings. The molecular formula is C12H12O2. The summed E-state index contributed by atoms with van der Waals surface area (Å²) < 4.78 is 5.41. The van der Waals surface area contributed by atoms with E-state index in [1.54, 1.807) is 6.08 Å². The Balaban J connectivity index is 2.05. The second kappa shape index (κ2) is 3.76. The molecule has 1 heterocycles. The number of benzene rings is 1. The van der Waals surface area contributed by atoms with Crippen molar-refractivity contribution in [3.05, 3.63) is 47.5 Å². The number of carbonyl (C=O) groups excluding carboxylic acids is 1. The number of ether oxygens (including phenoxy) is 1. The van der Waals surface area contributed by atoms with E-state index in [0.717, 1.165) is 6.29 Å². The molecule has 0 aliphatic carbocycles. The summed E-state index contributed by atoms with van der Waals surface area (Å²) in [5.41, 5.74) is 2.42. The third-order valence-electron chi connectivity index (χ3n) is 2.28. The van der Waals surface area contributed by atoms with Crippen molar-refractivity contribution in [1.29, 1.82) is 0 Å². The first-order valence-electron chi connectivity index (χ1n) is 4.65. The van der Waals surface area contributed by atoms with Crippen LogP contribution in [0, 0.1) is 6.92 Å². The Kier molecular flexibility index (Phi) is 2.46. The van der Waals surface area contributed by atoms with Gasteiger partial charge in [-0.2, -0.15) is 0 Å². The molecule has 0 bridgehead atoms. The van der Waals surface area contributed by atoms with Crippen molar-refractivity contribution in [3.8, 4) is 0 Å². The average Bonchev–Trinajstić information content (AvgIpc) is 2.94. The van der Waals surface area contributed by atoms with Crippen LogP contribution in [0.15, 0.2) is 36.4 Å². The van der Waals surface area contributed by atoms with Crippen molar-refractivity contribution in [1.82, 2.24) is 0 Å². The van der Waals surface area contributed by atoms with Gasteiger partial charge in [0.15, 0.2) is 0 Å². The second-order valence-corrected chi connectivity index (χ2v) is 3.46. The van der Waals surface area contributed by atoms with Gasteiger partial charge in [0.1, 0.15) is 18.5 Å². The monoisotopic (exact) mass is 188 g/mol. The lowest BCUT2D eigenvalue weighted by molar-refractivity contribution is -0.104.